The van der Waals surface area contributed by atoms with E-state index in [4.69, 9.17) is 9.47 Å². The molecule has 2 atom stereocenters. The first kappa shape index (κ1) is 30.7. The lowest BCUT2D eigenvalue weighted by molar-refractivity contribution is -0.118. The Labute approximate surface area is 251 Å². The average Bonchev–Trinajstić information content (AvgIpc) is 2.89. The summed E-state index contributed by atoms with van der Waals surface area (Å²) in [6.07, 6.45) is 5.14. The minimum atomic E-state index is 0.151. The van der Waals surface area contributed by atoms with Gasteiger partial charge in [-0.25, -0.2) is 9.97 Å². The molecule has 1 N–H and O–H groups in total. The minimum Gasteiger partial charge on any atom is -0.488 e. The fraction of sp³-hybridized carbons (Fsp3) is 0.438. The molecule has 3 heterocycles. The molecule has 0 spiro atoms. The molecule has 5 rings (SSSR count). The molecule has 2 aromatic carbocycles. The second-order valence-corrected chi connectivity index (χ2v) is 11.9. The number of ether oxygens (including phenoxy) is 2. The third kappa shape index (κ3) is 9.36. The normalized spacial score (nSPS) is 16.4. The zero-order valence-electron chi connectivity index (χ0n) is 24.2. The van der Waals surface area contributed by atoms with Gasteiger partial charge in [-0.15, -0.1) is 0 Å². The maximum atomic E-state index is 11.2. The Morgan fingerprint density at radius 1 is 0.829 bits per heavy atom. The van der Waals surface area contributed by atoms with Gasteiger partial charge in [0.25, 0.3) is 0 Å². The van der Waals surface area contributed by atoms with Crippen molar-refractivity contribution < 1.29 is 19.1 Å². The predicted octanol–water partition coefficient (Wildman–Crippen LogP) is 5.71. The van der Waals surface area contributed by atoms with E-state index in [2.05, 4.69) is 62.1 Å². The van der Waals surface area contributed by atoms with Gasteiger partial charge in [0.1, 0.15) is 35.3 Å². The van der Waals surface area contributed by atoms with E-state index in [1.807, 2.05) is 36.4 Å². The number of anilines is 1. The maximum Gasteiger partial charge on any atom is 0.225 e. The van der Waals surface area contributed by atoms with Gasteiger partial charge in [-0.05, 0) is 77.0 Å². The van der Waals surface area contributed by atoms with Crippen molar-refractivity contribution >= 4 is 33.4 Å². The van der Waals surface area contributed by atoms with Crippen LogP contribution in [0.4, 0.5) is 5.95 Å². The van der Waals surface area contributed by atoms with Crippen molar-refractivity contribution in [1.82, 2.24) is 15.3 Å². The van der Waals surface area contributed by atoms with E-state index in [1.54, 1.807) is 26.2 Å². The minimum absolute atomic E-state index is 0.151. The molecule has 0 bridgehead atoms. The summed E-state index contributed by atoms with van der Waals surface area (Å²) in [5.41, 5.74) is 2.36. The summed E-state index contributed by atoms with van der Waals surface area (Å²) in [7, 11) is 0. The summed E-state index contributed by atoms with van der Waals surface area (Å²) in [4.78, 5) is 32.9. The monoisotopic (exact) mass is 622 g/mol. The SMILES string of the molecule is CC(=O)C[C@@H](C)c1ccc(OC2CN(c3ncc(Br)cn3)C2)cc1.CC(=O)C[C@@H](C)c1ccc(OC2CNC2)cc1. The Morgan fingerprint density at radius 3 is 1.66 bits per heavy atom. The number of halogens is 1. The van der Waals surface area contributed by atoms with Crippen molar-refractivity contribution in [2.24, 2.45) is 0 Å². The van der Waals surface area contributed by atoms with E-state index >= 15 is 0 Å². The van der Waals surface area contributed by atoms with Crippen molar-refractivity contribution in [2.45, 2.75) is 64.6 Å². The van der Waals surface area contributed by atoms with Gasteiger partial charge in [0, 0.05) is 38.3 Å². The molecule has 0 unspecified atom stereocenters. The van der Waals surface area contributed by atoms with Gasteiger partial charge in [-0.1, -0.05) is 38.1 Å². The largest absolute Gasteiger partial charge is 0.488 e. The van der Waals surface area contributed by atoms with Crippen LogP contribution in [0.25, 0.3) is 0 Å². The van der Waals surface area contributed by atoms with Gasteiger partial charge >= 0.3 is 0 Å². The second kappa shape index (κ2) is 14.5. The summed E-state index contributed by atoms with van der Waals surface area (Å²) >= 11 is 3.33. The van der Waals surface area contributed by atoms with Crippen molar-refractivity contribution in [3.05, 3.63) is 76.5 Å². The number of aromatic nitrogens is 2. The van der Waals surface area contributed by atoms with Crippen LogP contribution in [0.5, 0.6) is 11.5 Å². The number of hydrogen-bond acceptors (Lipinski definition) is 8. The van der Waals surface area contributed by atoms with Crippen LogP contribution < -0.4 is 19.7 Å². The van der Waals surface area contributed by atoms with Crippen LogP contribution in [0.3, 0.4) is 0 Å². The molecule has 0 aliphatic carbocycles. The molecule has 9 heteroatoms. The first-order chi connectivity index (χ1) is 19.7. The molecule has 41 heavy (non-hydrogen) atoms. The van der Waals surface area contributed by atoms with E-state index < -0.39 is 0 Å². The third-order valence-electron chi connectivity index (χ3n) is 7.17. The van der Waals surface area contributed by atoms with Gasteiger partial charge in [0.05, 0.1) is 17.6 Å². The van der Waals surface area contributed by atoms with Gasteiger partial charge in [-0.2, -0.15) is 0 Å². The molecule has 0 saturated carbocycles. The molecule has 2 saturated heterocycles. The first-order valence-corrected chi connectivity index (χ1v) is 14.9. The fourth-order valence-electron chi connectivity index (χ4n) is 4.72. The lowest BCUT2D eigenvalue weighted by Gasteiger charge is -2.38. The highest BCUT2D eigenvalue weighted by atomic mass is 79.9. The lowest BCUT2D eigenvalue weighted by Crippen LogP contribution is -2.54. The zero-order chi connectivity index (χ0) is 29.4. The number of Topliss-reactive ketones (excluding diaryl/α,β-unsaturated/α-hetero) is 2. The van der Waals surface area contributed by atoms with Crippen LogP contribution in [0, 0.1) is 0 Å². The van der Waals surface area contributed by atoms with Crippen molar-refractivity contribution in [3.8, 4) is 11.5 Å². The number of nitrogens with one attached hydrogen (secondary N) is 1. The van der Waals surface area contributed by atoms with Gasteiger partial charge in [-0.3, -0.25) is 0 Å². The summed E-state index contributed by atoms with van der Waals surface area (Å²) in [6, 6.07) is 16.1. The van der Waals surface area contributed by atoms with Gasteiger partial charge in [0.15, 0.2) is 0 Å². The molecule has 218 valence electrons. The first-order valence-electron chi connectivity index (χ1n) is 14.1. The second-order valence-electron chi connectivity index (χ2n) is 11.0. The number of ketones is 2. The van der Waals surface area contributed by atoms with Crippen LogP contribution in [0.15, 0.2) is 65.4 Å². The quantitative estimate of drug-likeness (QED) is 0.291. The van der Waals surface area contributed by atoms with Gasteiger partial charge in [0.2, 0.25) is 5.95 Å². The van der Waals surface area contributed by atoms with Crippen LogP contribution in [0.1, 0.15) is 63.5 Å². The third-order valence-corrected chi connectivity index (χ3v) is 7.58. The number of nitrogens with zero attached hydrogens (tertiary/aromatic N) is 3. The smallest absolute Gasteiger partial charge is 0.225 e. The lowest BCUT2D eigenvalue weighted by atomic mass is 9.96. The highest BCUT2D eigenvalue weighted by Gasteiger charge is 2.30. The number of carbonyl (C=O) groups is 2. The molecule has 2 fully saturated rings. The van der Waals surface area contributed by atoms with Crippen LogP contribution in [0.2, 0.25) is 0 Å². The van der Waals surface area contributed by atoms with Crippen molar-refractivity contribution in [3.63, 3.8) is 0 Å². The Bertz CT molecular complexity index is 1270. The fourth-order valence-corrected chi connectivity index (χ4v) is 4.93. The molecule has 2 aliphatic rings. The summed E-state index contributed by atoms with van der Waals surface area (Å²) in [6.45, 7) is 10.8. The zero-order valence-corrected chi connectivity index (χ0v) is 25.8. The maximum absolute atomic E-state index is 11.2. The summed E-state index contributed by atoms with van der Waals surface area (Å²) < 4.78 is 12.6. The van der Waals surface area contributed by atoms with Crippen LogP contribution in [-0.2, 0) is 9.59 Å². The molecule has 0 amide bonds. The van der Waals surface area contributed by atoms with E-state index in [0.29, 0.717) is 18.9 Å². The molecule has 1 aromatic heterocycles. The Hall–Kier alpha value is -3.30. The molecule has 8 nitrogen and oxygen atoms in total. The standard InChI is InChI=1S/C18H20BrN3O2.C14H19NO2/c1-12(7-13(2)23)14-3-5-16(6-4-14)24-17-10-22(11-17)18-20-8-15(19)9-21-18;1-10(7-11(2)16)12-3-5-13(6-4-12)17-14-8-15-9-14/h3-6,8-9,12,17H,7,10-11H2,1-2H3;3-6,10,14-15H,7-9H2,1-2H3/t12-;10-/m11/s1. The average molecular weight is 624 g/mol. The highest BCUT2D eigenvalue weighted by Crippen LogP contribution is 2.26. The Kier molecular flexibility index (Phi) is 10.9. The Balaban J connectivity index is 0.000000201. The molecule has 2 aliphatic heterocycles. The Morgan fingerprint density at radius 2 is 1.27 bits per heavy atom. The number of rotatable bonds is 11. The van der Waals surface area contributed by atoms with E-state index in [0.717, 1.165) is 53.7 Å². The molecule has 0 radical (unpaired) electrons. The highest BCUT2D eigenvalue weighted by molar-refractivity contribution is 9.10. The van der Waals surface area contributed by atoms with Crippen molar-refractivity contribution in [2.75, 3.05) is 31.1 Å². The summed E-state index contributed by atoms with van der Waals surface area (Å²) in [5.74, 6) is 3.47. The predicted molar refractivity (Wildman–Crippen MR) is 164 cm³/mol. The number of carbonyl (C=O) groups excluding carboxylic acids is 2. The van der Waals surface area contributed by atoms with E-state index in [-0.39, 0.29) is 29.5 Å². The van der Waals surface area contributed by atoms with E-state index in [9.17, 15) is 9.59 Å². The molecular weight excluding hydrogens is 584 g/mol. The summed E-state index contributed by atoms with van der Waals surface area (Å²) in [5, 5.41) is 3.17. The topological polar surface area (TPSA) is 93.7 Å². The van der Waals surface area contributed by atoms with Crippen LogP contribution >= 0.6 is 15.9 Å². The number of benzene rings is 2. The van der Waals surface area contributed by atoms with Crippen LogP contribution in [-0.4, -0.2) is 59.9 Å². The molecular formula is C32H39BrN4O4. The van der Waals surface area contributed by atoms with Gasteiger partial charge < -0.3 is 29.3 Å². The number of hydrogen-bond donors (Lipinski definition) is 1. The van der Waals surface area contributed by atoms with Crippen molar-refractivity contribution in [1.29, 1.82) is 0 Å². The molecule has 3 aromatic rings. The van der Waals surface area contributed by atoms with E-state index in [1.165, 1.54) is 5.56 Å².